The van der Waals surface area contributed by atoms with Crippen molar-refractivity contribution in [3.8, 4) is 0 Å². The summed E-state index contributed by atoms with van der Waals surface area (Å²) in [4.78, 5) is 5.44. The van der Waals surface area contributed by atoms with E-state index >= 15 is 0 Å². The minimum Gasteiger partial charge on any atom is -0.367 e. The van der Waals surface area contributed by atoms with Crippen molar-refractivity contribution < 1.29 is 0 Å². The molecule has 15 heavy (non-hydrogen) atoms. The van der Waals surface area contributed by atoms with E-state index in [0.717, 1.165) is 26.1 Å². The standard InChI is InChI=1S/C11H20N4/c1-15-5-4-14-8-10(15)6-11(12)9-2-3-13-7-9/h2-3,7,10-11,13-14H,4-6,8,12H2,1H3. The molecule has 0 saturated carbocycles. The molecule has 0 spiro atoms. The number of aromatic nitrogens is 1. The number of hydrogen-bond donors (Lipinski definition) is 3. The van der Waals surface area contributed by atoms with Crippen molar-refractivity contribution in [1.29, 1.82) is 0 Å². The normalized spacial score (nSPS) is 25.3. The molecule has 4 heteroatoms. The van der Waals surface area contributed by atoms with Crippen LogP contribution in [0.25, 0.3) is 0 Å². The molecule has 2 atom stereocenters. The van der Waals surface area contributed by atoms with E-state index in [1.807, 2.05) is 12.4 Å². The number of aromatic amines is 1. The maximum Gasteiger partial charge on any atom is 0.0325 e. The molecule has 1 aromatic rings. The summed E-state index contributed by atoms with van der Waals surface area (Å²) in [7, 11) is 2.18. The number of hydrogen-bond acceptors (Lipinski definition) is 3. The Balaban J connectivity index is 1.90. The van der Waals surface area contributed by atoms with Crippen molar-refractivity contribution in [3.05, 3.63) is 24.0 Å². The van der Waals surface area contributed by atoms with E-state index in [1.165, 1.54) is 5.56 Å². The van der Waals surface area contributed by atoms with Crippen LogP contribution in [0.5, 0.6) is 0 Å². The summed E-state index contributed by atoms with van der Waals surface area (Å²) < 4.78 is 0. The van der Waals surface area contributed by atoms with E-state index in [9.17, 15) is 0 Å². The van der Waals surface area contributed by atoms with Crippen LogP contribution in [0.2, 0.25) is 0 Å². The number of likely N-dealkylation sites (N-methyl/N-ethyl adjacent to an activating group) is 1. The average Bonchev–Trinajstić information content (AvgIpc) is 2.74. The Kier molecular flexibility index (Phi) is 3.41. The average molecular weight is 208 g/mol. The SMILES string of the molecule is CN1CCNCC1CC(N)c1cc[nH]c1. The molecule has 2 unspecified atom stereocenters. The lowest BCUT2D eigenvalue weighted by atomic mass is 10.0. The van der Waals surface area contributed by atoms with Crippen molar-refractivity contribution in [2.45, 2.75) is 18.5 Å². The number of H-pyrrole nitrogens is 1. The molecule has 2 rings (SSSR count). The maximum absolute atomic E-state index is 6.16. The van der Waals surface area contributed by atoms with Gasteiger partial charge in [-0.15, -0.1) is 0 Å². The predicted molar refractivity (Wildman–Crippen MR) is 61.6 cm³/mol. The molecule has 0 radical (unpaired) electrons. The molecule has 1 saturated heterocycles. The summed E-state index contributed by atoms with van der Waals surface area (Å²) in [5.41, 5.74) is 7.36. The van der Waals surface area contributed by atoms with Crippen molar-refractivity contribution in [1.82, 2.24) is 15.2 Å². The Hall–Kier alpha value is -0.840. The second-order valence-electron chi connectivity index (χ2n) is 4.33. The van der Waals surface area contributed by atoms with Crippen molar-refractivity contribution >= 4 is 0 Å². The van der Waals surface area contributed by atoms with Crippen LogP contribution < -0.4 is 11.1 Å². The Morgan fingerprint density at radius 1 is 1.67 bits per heavy atom. The molecule has 4 nitrogen and oxygen atoms in total. The quantitative estimate of drug-likeness (QED) is 0.670. The Morgan fingerprint density at radius 2 is 2.53 bits per heavy atom. The molecule has 1 aliphatic rings. The van der Waals surface area contributed by atoms with Gasteiger partial charge in [0, 0.05) is 44.1 Å². The van der Waals surface area contributed by atoms with Crippen LogP contribution >= 0.6 is 0 Å². The highest BCUT2D eigenvalue weighted by molar-refractivity contribution is 5.13. The van der Waals surface area contributed by atoms with Crippen LogP contribution in [0.15, 0.2) is 18.5 Å². The van der Waals surface area contributed by atoms with Crippen LogP contribution in [0, 0.1) is 0 Å². The van der Waals surface area contributed by atoms with E-state index in [0.29, 0.717) is 6.04 Å². The number of rotatable bonds is 3. The fraction of sp³-hybridized carbons (Fsp3) is 0.636. The molecular weight excluding hydrogens is 188 g/mol. The Morgan fingerprint density at radius 3 is 3.20 bits per heavy atom. The minimum absolute atomic E-state index is 0.142. The lowest BCUT2D eigenvalue weighted by molar-refractivity contribution is 0.182. The minimum atomic E-state index is 0.142. The molecule has 4 N–H and O–H groups in total. The van der Waals surface area contributed by atoms with Crippen molar-refractivity contribution in [2.24, 2.45) is 5.73 Å². The summed E-state index contributed by atoms with van der Waals surface area (Å²) in [5.74, 6) is 0. The number of nitrogens with zero attached hydrogens (tertiary/aromatic N) is 1. The van der Waals surface area contributed by atoms with Crippen LogP contribution in [0.1, 0.15) is 18.0 Å². The van der Waals surface area contributed by atoms with E-state index in [4.69, 9.17) is 5.73 Å². The van der Waals surface area contributed by atoms with Crippen LogP contribution in [0.4, 0.5) is 0 Å². The smallest absolute Gasteiger partial charge is 0.0325 e. The highest BCUT2D eigenvalue weighted by atomic mass is 15.2. The topological polar surface area (TPSA) is 57.1 Å². The molecule has 0 amide bonds. The molecule has 84 valence electrons. The largest absolute Gasteiger partial charge is 0.367 e. The van der Waals surface area contributed by atoms with Gasteiger partial charge < -0.3 is 20.9 Å². The van der Waals surface area contributed by atoms with Gasteiger partial charge in [-0.3, -0.25) is 0 Å². The van der Waals surface area contributed by atoms with E-state index in [1.54, 1.807) is 0 Å². The fourth-order valence-corrected chi connectivity index (χ4v) is 2.12. The third-order valence-corrected chi connectivity index (χ3v) is 3.22. The highest BCUT2D eigenvalue weighted by Gasteiger charge is 2.21. The second kappa shape index (κ2) is 4.79. The lowest BCUT2D eigenvalue weighted by Gasteiger charge is -2.34. The molecule has 0 aliphatic carbocycles. The van der Waals surface area contributed by atoms with Gasteiger partial charge in [0.15, 0.2) is 0 Å². The first-order chi connectivity index (χ1) is 7.27. The van der Waals surface area contributed by atoms with E-state index in [-0.39, 0.29) is 6.04 Å². The summed E-state index contributed by atoms with van der Waals surface area (Å²) >= 11 is 0. The molecular formula is C11H20N4. The van der Waals surface area contributed by atoms with Gasteiger partial charge in [-0.25, -0.2) is 0 Å². The molecule has 0 bridgehead atoms. The zero-order valence-corrected chi connectivity index (χ0v) is 9.24. The van der Waals surface area contributed by atoms with Gasteiger partial charge in [-0.05, 0) is 25.1 Å². The zero-order valence-electron chi connectivity index (χ0n) is 9.24. The first-order valence-corrected chi connectivity index (χ1v) is 5.56. The maximum atomic E-state index is 6.16. The third-order valence-electron chi connectivity index (χ3n) is 3.22. The van der Waals surface area contributed by atoms with Crippen LogP contribution in [-0.4, -0.2) is 42.6 Å². The number of nitrogens with two attached hydrogens (primary N) is 1. The van der Waals surface area contributed by atoms with Gasteiger partial charge in [0.2, 0.25) is 0 Å². The third kappa shape index (κ3) is 2.59. The summed E-state index contributed by atoms with van der Waals surface area (Å²) in [6, 6.07) is 2.76. The molecule has 1 aromatic heterocycles. The predicted octanol–water partition coefficient (Wildman–Crippen LogP) is 0.308. The van der Waals surface area contributed by atoms with E-state index < -0.39 is 0 Å². The fourth-order valence-electron chi connectivity index (χ4n) is 2.12. The first kappa shape index (κ1) is 10.7. The van der Waals surface area contributed by atoms with Crippen LogP contribution in [-0.2, 0) is 0 Å². The molecule has 1 aliphatic heterocycles. The molecule has 2 heterocycles. The van der Waals surface area contributed by atoms with Gasteiger partial charge in [-0.1, -0.05) is 0 Å². The van der Waals surface area contributed by atoms with Gasteiger partial charge in [0.25, 0.3) is 0 Å². The molecule has 0 aromatic carbocycles. The lowest BCUT2D eigenvalue weighted by Crippen LogP contribution is -2.50. The van der Waals surface area contributed by atoms with Gasteiger partial charge in [-0.2, -0.15) is 0 Å². The van der Waals surface area contributed by atoms with Gasteiger partial charge in [0.1, 0.15) is 0 Å². The zero-order chi connectivity index (χ0) is 10.7. The highest BCUT2D eigenvalue weighted by Crippen LogP contribution is 2.18. The van der Waals surface area contributed by atoms with E-state index in [2.05, 4.69) is 28.3 Å². The van der Waals surface area contributed by atoms with Gasteiger partial charge >= 0.3 is 0 Å². The Labute approximate surface area is 90.8 Å². The first-order valence-electron chi connectivity index (χ1n) is 5.56. The summed E-state index contributed by atoms with van der Waals surface area (Å²) in [5, 5.41) is 3.41. The molecule has 1 fully saturated rings. The van der Waals surface area contributed by atoms with Crippen molar-refractivity contribution in [3.63, 3.8) is 0 Å². The monoisotopic (exact) mass is 208 g/mol. The van der Waals surface area contributed by atoms with Crippen LogP contribution in [0.3, 0.4) is 0 Å². The second-order valence-corrected chi connectivity index (χ2v) is 4.33. The Bertz CT molecular complexity index is 283. The summed E-state index contributed by atoms with van der Waals surface area (Å²) in [6.07, 6.45) is 4.93. The van der Waals surface area contributed by atoms with Gasteiger partial charge in [0.05, 0.1) is 0 Å². The van der Waals surface area contributed by atoms with Crippen molar-refractivity contribution in [2.75, 3.05) is 26.7 Å². The number of piperazine rings is 1. The number of nitrogens with one attached hydrogen (secondary N) is 2. The summed E-state index contributed by atoms with van der Waals surface area (Å²) in [6.45, 7) is 3.26.